The number of urea groups is 1. The minimum absolute atomic E-state index is 0.241. The molecule has 0 spiro atoms. The number of likely N-dealkylation sites (N-methyl/N-ethyl adjacent to an activating group) is 1. The van der Waals surface area contributed by atoms with Gasteiger partial charge in [0, 0.05) is 32.1 Å². The second-order valence-corrected chi connectivity index (χ2v) is 6.04. The first-order valence-electron chi connectivity index (χ1n) is 7.50. The van der Waals surface area contributed by atoms with E-state index in [0.29, 0.717) is 11.5 Å². The number of carbonyl (C=O) groups excluding carboxylic acids is 1. The van der Waals surface area contributed by atoms with Gasteiger partial charge in [0.05, 0.1) is 6.10 Å². The van der Waals surface area contributed by atoms with Gasteiger partial charge in [-0.3, -0.25) is 0 Å². The molecule has 6 heteroatoms. The van der Waals surface area contributed by atoms with Crippen LogP contribution in [0.25, 0.3) is 0 Å². The molecule has 0 aromatic heterocycles. The van der Waals surface area contributed by atoms with Crippen LogP contribution in [0.3, 0.4) is 0 Å². The number of nitrogens with zero attached hydrogens (tertiary/aromatic N) is 1. The van der Waals surface area contributed by atoms with E-state index in [4.69, 9.17) is 0 Å². The molecule has 0 aliphatic heterocycles. The molecular formula is C16H22F2N2O2. The molecule has 2 N–H and O–H groups in total. The molecule has 122 valence electrons. The van der Waals surface area contributed by atoms with Crippen molar-refractivity contribution in [3.05, 3.63) is 35.4 Å². The molecule has 1 aliphatic carbocycles. The second kappa shape index (κ2) is 7.05. The third-order valence-electron chi connectivity index (χ3n) is 4.03. The van der Waals surface area contributed by atoms with Crippen molar-refractivity contribution in [2.75, 3.05) is 20.1 Å². The van der Waals surface area contributed by atoms with Gasteiger partial charge in [-0.1, -0.05) is 13.0 Å². The van der Waals surface area contributed by atoms with E-state index >= 15 is 0 Å². The summed E-state index contributed by atoms with van der Waals surface area (Å²) in [5.41, 5.74) is 0.363. The van der Waals surface area contributed by atoms with E-state index in [-0.39, 0.29) is 25.0 Å². The van der Waals surface area contributed by atoms with Crippen LogP contribution >= 0.6 is 0 Å². The maximum atomic E-state index is 13.7. The van der Waals surface area contributed by atoms with Crippen LogP contribution in [0.1, 0.15) is 31.2 Å². The molecular weight excluding hydrogens is 290 g/mol. The van der Waals surface area contributed by atoms with Gasteiger partial charge in [-0.05, 0) is 30.4 Å². The lowest BCUT2D eigenvalue weighted by molar-refractivity contribution is 0.113. The zero-order valence-electron chi connectivity index (χ0n) is 12.9. The van der Waals surface area contributed by atoms with Crippen molar-refractivity contribution >= 4 is 6.03 Å². The minimum Gasteiger partial charge on any atom is -0.391 e. The summed E-state index contributed by atoms with van der Waals surface area (Å²) in [5.74, 6) is -1.20. The van der Waals surface area contributed by atoms with Gasteiger partial charge in [-0.2, -0.15) is 0 Å². The number of carbonyl (C=O) groups is 1. The maximum absolute atomic E-state index is 13.7. The third kappa shape index (κ3) is 4.40. The summed E-state index contributed by atoms with van der Waals surface area (Å²) < 4.78 is 26.5. The van der Waals surface area contributed by atoms with E-state index < -0.39 is 17.7 Å². The molecule has 1 saturated carbocycles. The first-order valence-corrected chi connectivity index (χ1v) is 7.50. The van der Waals surface area contributed by atoms with E-state index in [1.807, 2.05) is 0 Å². The standard InChI is InChI=1S/C16H22F2N2O2/c1-10(13-6-5-12(17)7-14(13)18)8-19-16(22)20(2)9-15(21)11-3-4-11/h5-7,10-11,15,21H,3-4,8-9H2,1-2H3,(H,19,22). The van der Waals surface area contributed by atoms with Gasteiger partial charge in [0.2, 0.25) is 0 Å². The number of aliphatic hydroxyl groups excluding tert-OH is 1. The zero-order chi connectivity index (χ0) is 16.3. The highest BCUT2D eigenvalue weighted by Crippen LogP contribution is 2.32. The Morgan fingerprint density at radius 2 is 2.14 bits per heavy atom. The smallest absolute Gasteiger partial charge is 0.317 e. The van der Waals surface area contributed by atoms with Crippen molar-refractivity contribution in [2.24, 2.45) is 5.92 Å². The normalized spacial score (nSPS) is 17.0. The Balaban J connectivity index is 1.81. The average molecular weight is 312 g/mol. The predicted molar refractivity (Wildman–Crippen MR) is 79.5 cm³/mol. The van der Waals surface area contributed by atoms with Crippen LogP contribution in [-0.2, 0) is 0 Å². The Morgan fingerprint density at radius 1 is 1.45 bits per heavy atom. The lowest BCUT2D eigenvalue weighted by Crippen LogP contribution is -2.42. The molecule has 0 saturated heterocycles. The van der Waals surface area contributed by atoms with E-state index in [9.17, 15) is 18.7 Å². The number of halogens is 2. The van der Waals surface area contributed by atoms with Gasteiger partial charge in [-0.25, -0.2) is 13.6 Å². The van der Waals surface area contributed by atoms with Gasteiger partial charge in [0.15, 0.2) is 0 Å². The molecule has 2 amide bonds. The first kappa shape index (κ1) is 16.7. The van der Waals surface area contributed by atoms with E-state index in [0.717, 1.165) is 18.9 Å². The Hall–Kier alpha value is -1.69. The number of aliphatic hydroxyl groups is 1. The summed E-state index contributed by atoms with van der Waals surface area (Å²) in [5, 5.41) is 12.5. The number of hydrogen-bond acceptors (Lipinski definition) is 2. The van der Waals surface area contributed by atoms with Crippen molar-refractivity contribution in [1.82, 2.24) is 10.2 Å². The van der Waals surface area contributed by atoms with Crippen LogP contribution in [0, 0.1) is 17.6 Å². The lowest BCUT2D eigenvalue weighted by Gasteiger charge is -2.22. The quantitative estimate of drug-likeness (QED) is 0.848. The Kier molecular flexibility index (Phi) is 5.34. The Bertz CT molecular complexity index is 535. The number of benzene rings is 1. The summed E-state index contributed by atoms with van der Waals surface area (Å²) in [7, 11) is 1.62. The zero-order valence-corrected chi connectivity index (χ0v) is 12.9. The first-order chi connectivity index (χ1) is 10.4. The Labute approximate surface area is 129 Å². The van der Waals surface area contributed by atoms with Gasteiger partial charge < -0.3 is 15.3 Å². The van der Waals surface area contributed by atoms with Crippen molar-refractivity contribution in [3.63, 3.8) is 0 Å². The fraction of sp³-hybridized carbons (Fsp3) is 0.562. The average Bonchev–Trinajstić information content (AvgIpc) is 3.28. The topological polar surface area (TPSA) is 52.6 Å². The van der Waals surface area contributed by atoms with Crippen LogP contribution in [0.15, 0.2) is 18.2 Å². The largest absolute Gasteiger partial charge is 0.391 e. The van der Waals surface area contributed by atoms with E-state index in [1.165, 1.54) is 17.0 Å². The van der Waals surface area contributed by atoms with Crippen molar-refractivity contribution in [1.29, 1.82) is 0 Å². The lowest BCUT2D eigenvalue weighted by atomic mass is 10.0. The number of amides is 2. The van der Waals surface area contributed by atoms with E-state index in [2.05, 4.69) is 5.32 Å². The number of rotatable bonds is 6. The molecule has 2 unspecified atom stereocenters. The van der Waals surface area contributed by atoms with Gasteiger partial charge in [-0.15, -0.1) is 0 Å². The summed E-state index contributed by atoms with van der Waals surface area (Å²) in [4.78, 5) is 13.4. The fourth-order valence-electron chi connectivity index (χ4n) is 2.38. The van der Waals surface area contributed by atoms with Gasteiger partial charge >= 0.3 is 6.03 Å². The summed E-state index contributed by atoms with van der Waals surface area (Å²) in [6.45, 7) is 2.29. The van der Waals surface area contributed by atoms with Crippen LogP contribution in [0.2, 0.25) is 0 Å². The molecule has 0 radical (unpaired) electrons. The molecule has 0 bridgehead atoms. The van der Waals surface area contributed by atoms with Crippen LogP contribution in [0.5, 0.6) is 0 Å². The van der Waals surface area contributed by atoms with E-state index in [1.54, 1.807) is 14.0 Å². The maximum Gasteiger partial charge on any atom is 0.317 e. The summed E-state index contributed by atoms with van der Waals surface area (Å²) in [6.07, 6.45) is 1.54. The predicted octanol–water partition coefficient (Wildman–Crippen LogP) is 2.48. The summed E-state index contributed by atoms with van der Waals surface area (Å²) in [6, 6.07) is 3.12. The monoisotopic (exact) mass is 312 g/mol. The Morgan fingerprint density at radius 3 is 2.73 bits per heavy atom. The highest BCUT2D eigenvalue weighted by atomic mass is 19.1. The molecule has 1 aromatic carbocycles. The number of nitrogens with one attached hydrogen (secondary N) is 1. The van der Waals surface area contributed by atoms with Gasteiger partial charge in [0.25, 0.3) is 0 Å². The third-order valence-corrected chi connectivity index (χ3v) is 4.03. The molecule has 2 rings (SSSR count). The van der Waals surface area contributed by atoms with Crippen molar-refractivity contribution in [3.8, 4) is 0 Å². The molecule has 1 aliphatic rings. The molecule has 1 aromatic rings. The molecule has 2 atom stereocenters. The molecule has 4 nitrogen and oxygen atoms in total. The highest BCUT2D eigenvalue weighted by molar-refractivity contribution is 5.73. The van der Waals surface area contributed by atoms with Crippen molar-refractivity contribution < 1.29 is 18.7 Å². The molecule has 22 heavy (non-hydrogen) atoms. The fourth-order valence-corrected chi connectivity index (χ4v) is 2.38. The molecule has 0 heterocycles. The highest BCUT2D eigenvalue weighted by Gasteiger charge is 2.31. The van der Waals surface area contributed by atoms with Gasteiger partial charge in [0.1, 0.15) is 11.6 Å². The number of hydrogen-bond donors (Lipinski definition) is 2. The van der Waals surface area contributed by atoms with Crippen LogP contribution < -0.4 is 5.32 Å². The second-order valence-electron chi connectivity index (χ2n) is 6.04. The van der Waals surface area contributed by atoms with Crippen LogP contribution in [0.4, 0.5) is 13.6 Å². The van der Waals surface area contributed by atoms with Crippen LogP contribution in [-0.4, -0.2) is 42.3 Å². The SMILES string of the molecule is CC(CNC(=O)N(C)CC(O)C1CC1)c1ccc(F)cc1F. The minimum atomic E-state index is -0.619. The van der Waals surface area contributed by atoms with Crippen molar-refractivity contribution in [2.45, 2.75) is 31.8 Å². The molecule has 1 fully saturated rings. The summed E-state index contributed by atoms with van der Waals surface area (Å²) >= 11 is 0.